The van der Waals surface area contributed by atoms with E-state index >= 15 is 0 Å². The van der Waals surface area contributed by atoms with E-state index in [0.717, 1.165) is 33.8 Å². The van der Waals surface area contributed by atoms with Crippen molar-refractivity contribution in [1.82, 2.24) is 9.97 Å². The second-order valence-electron chi connectivity index (χ2n) is 12.1. The van der Waals surface area contributed by atoms with Gasteiger partial charge in [-0.15, -0.1) is 0 Å². The Kier molecular flexibility index (Phi) is 6.84. The summed E-state index contributed by atoms with van der Waals surface area (Å²) in [4.78, 5) is 9.63. The van der Waals surface area contributed by atoms with Gasteiger partial charge in [0.2, 0.25) is 0 Å². The molecular formula is C46H30N2. The predicted octanol–water partition coefficient (Wildman–Crippen LogP) is 12.3. The number of nitrogens with zero attached hydrogens (tertiary/aromatic N) is 2. The summed E-state index contributed by atoms with van der Waals surface area (Å²) in [7, 11) is 0. The van der Waals surface area contributed by atoms with Gasteiger partial charge in [0, 0.05) is 17.3 Å². The number of hydrogen-bond donors (Lipinski definition) is 0. The van der Waals surface area contributed by atoms with Crippen LogP contribution in [0.1, 0.15) is 0 Å². The van der Waals surface area contributed by atoms with Crippen molar-refractivity contribution in [3.8, 4) is 56.0 Å². The Balaban J connectivity index is 1.21. The lowest BCUT2D eigenvalue weighted by atomic mass is 9.86. The van der Waals surface area contributed by atoms with Gasteiger partial charge in [-0.3, -0.25) is 0 Å². The molecule has 0 saturated heterocycles. The molecule has 0 aliphatic heterocycles. The first-order valence-corrected chi connectivity index (χ1v) is 16.3. The Bertz CT molecular complexity index is 2580. The van der Waals surface area contributed by atoms with Crippen LogP contribution in [0, 0.1) is 0 Å². The van der Waals surface area contributed by atoms with E-state index < -0.39 is 0 Å². The van der Waals surface area contributed by atoms with Gasteiger partial charge >= 0.3 is 0 Å². The Morgan fingerprint density at radius 3 is 1.33 bits per heavy atom. The van der Waals surface area contributed by atoms with Crippen LogP contribution in [-0.4, -0.2) is 9.97 Å². The summed E-state index contributed by atoms with van der Waals surface area (Å²) in [6.45, 7) is 0. The molecule has 0 bridgehead atoms. The molecule has 0 aliphatic rings. The van der Waals surface area contributed by atoms with Gasteiger partial charge in [0.25, 0.3) is 0 Å². The van der Waals surface area contributed by atoms with Crippen molar-refractivity contribution in [2.24, 2.45) is 0 Å². The van der Waals surface area contributed by atoms with Crippen LogP contribution in [0.3, 0.4) is 0 Å². The fraction of sp³-hybridized carbons (Fsp3) is 0. The molecule has 0 N–H and O–H groups in total. The first kappa shape index (κ1) is 27.9. The molecule has 0 fully saturated rings. The molecule has 1 aromatic heterocycles. The molecule has 0 atom stereocenters. The molecule has 0 spiro atoms. The van der Waals surface area contributed by atoms with E-state index in [1.807, 2.05) is 30.5 Å². The van der Waals surface area contributed by atoms with Gasteiger partial charge in [-0.2, -0.15) is 0 Å². The van der Waals surface area contributed by atoms with Crippen molar-refractivity contribution in [1.29, 1.82) is 0 Å². The summed E-state index contributed by atoms with van der Waals surface area (Å²) in [5.41, 5.74) is 10.1. The summed E-state index contributed by atoms with van der Waals surface area (Å²) in [5.74, 6) is 0.721. The minimum Gasteiger partial charge on any atom is -0.237 e. The maximum absolute atomic E-state index is 5.03. The minimum absolute atomic E-state index is 0.721. The number of aromatic nitrogens is 2. The van der Waals surface area contributed by atoms with Crippen molar-refractivity contribution < 1.29 is 0 Å². The molecule has 48 heavy (non-hydrogen) atoms. The van der Waals surface area contributed by atoms with Gasteiger partial charge in [-0.05, 0) is 77.8 Å². The van der Waals surface area contributed by atoms with Crippen molar-refractivity contribution >= 4 is 32.3 Å². The highest BCUT2D eigenvalue weighted by Crippen LogP contribution is 2.43. The maximum atomic E-state index is 5.03. The Hall–Kier alpha value is -6.38. The van der Waals surface area contributed by atoms with Crippen LogP contribution in [0.4, 0.5) is 0 Å². The fourth-order valence-electron chi connectivity index (χ4n) is 7.17. The zero-order chi connectivity index (χ0) is 31.9. The average molecular weight is 611 g/mol. The van der Waals surface area contributed by atoms with Crippen LogP contribution in [0.15, 0.2) is 182 Å². The second-order valence-corrected chi connectivity index (χ2v) is 12.1. The monoisotopic (exact) mass is 610 g/mol. The van der Waals surface area contributed by atoms with Crippen LogP contribution < -0.4 is 0 Å². The number of hydrogen-bond acceptors (Lipinski definition) is 2. The number of rotatable bonds is 5. The standard InChI is InChI=1S/C46H30N2/c1-2-14-31(15-3-1)46-47-29-28-45(48-46)43-25-13-12-23-40(43)37-20-8-6-18-35(37)34-17-5-4-16-33(34)32-26-27-42-39-22-9-7-19-36(39)38-21-10-11-24-41(38)44(42)30-32/h1-30H. The predicted molar refractivity (Wildman–Crippen MR) is 202 cm³/mol. The molecule has 1 heterocycles. The van der Waals surface area contributed by atoms with Gasteiger partial charge in [-0.1, -0.05) is 164 Å². The lowest BCUT2D eigenvalue weighted by Crippen LogP contribution is -1.95. The van der Waals surface area contributed by atoms with Crippen LogP contribution >= 0.6 is 0 Å². The molecule has 2 nitrogen and oxygen atoms in total. The lowest BCUT2D eigenvalue weighted by Gasteiger charge is -2.18. The highest BCUT2D eigenvalue weighted by Gasteiger charge is 2.17. The Morgan fingerprint density at radius 1 is 0.292 bits per heavy atom. The van der Waals surface area contributed by atoms with E-state index in [0.29, 0.717) is 0 Å². The zero-order valence-corrected chi connectivity index (χ0v) is 26.2. The molecule has 0 saturated carbocycles. The number of benzene rings is 8. The van der Waals surface area contributed by atoms with E-state index in [2.05, 4.69) is 157 Å². The first-order valence-electron chi connectivity index (χ1n) is 16.3. The summed E-state index contributed by atoms with van der Waals surface area (Å²) >= 11 is 0. The molecule has 9 rings (SSSR count). The Labute approximate surface area is 279 Å². The SMILES string of the molecule is c1ccc(-c2nccc(-c3ccccc3-c3ccccc3-c3ccccc3-c3ccc4c5ccccc5c5ccccc5c4c3)n2)cc1. The molecular weight excluding hydrogens is 581 g/mol. The van der Waals surface area contributed by atoms with Crippen LogP contribution in [0.2, 0.25) is 0 Å². The third-order valence-electron chi connectivity index (χ3n) is 9.38. The normalized spacial score (nSPS) is 11.3. The van der Waals surface area contributed by atoms with Crippen molar-refractivity contribution in [3.05, 3.63) is 182 Å². The van der Waals surface area contributed by atoms with Gasteiger partial charge < -0.3 is 0 Å². The maximum Gasteiger partial charge on any atom is 0.159 e. The van der Waals surface area contributed by atoms with E-state index in [-0.39, 0.29) is 0 Å². The largest absolute Gasteiger partial charge is 0.237 e. The molecule has 9 aromatic rings. The molecule has 2 heteroatoms. The van der Waals surface area contributed by atoms with Crippen LogP contribution in [0.25, 0.3) is 88.3 Å². The Morgan fingerprint density at radius 2 is 0.729 bits per heavy atom. The van der Waals surface area contributed by atoms with E-state index in [1.54, 1.807) is 0 Å². The highest BCUT2D eigenvalue weighted by atomic mass is 14.9. The van der Waals surface area contributed by atoms with Gasteiger partial charge in [-0.25, -0.2) is 9.97 Å². The summed E-state index contributed by atoms with van der Waals surface area (Å²) in [6, 6.07) is 62.7. The third-order valence-corrected chi connectivity index (χ3v) is 9.38. The lowest BCUT2D eigenvalue weighted by molar-refractivity contribution is 1.18. The number of fused-ring (bicyclic) bond motifs is 6. The first-order chi connectivity index (χ1) is 23.8. The third kappa shape index (κ3) is 4.74. The molecule has 0 unspecified atom stereocenters. The smallest absolute Gasteiger partial charge is 0.159 e. The van der Waals surface area contributed by atoms with E-state index in [9.17, 15) is 0 Å². The molecule has 0 aliphatic carbocycles. The average Bonchev–Trinajstić information content (AvgIpc) is 3.18. The van der Waals surface area contributed by atoms with Gasteiger partial charge in [0.05, 0.1) is 5.69 Å². The zero-order valence-electron chi connectivity index (χ0n) is 26.2. The van der Waals surface area contributed by atoms with E-state index in [4.69, 9.17) is 4.98 Å². The minimum atomic E-state index is 0.721. The molecule has 224 valence electrons. The summed E-state index contributed by atoms with van der Waals surface area (Å²) in [6.07, 6.45) is 1.86. The molecule has 0 amide bonds. The van der Waals surface area contributed by atoms with Gasteiger partial charge in [0.15, 0.2) is 5.82 Å². The van der Waals surface area contributed by atoms with Crippen molar-refractivity contribution in [3.63, 3.8) is 0 Å². The van der Waals surface area contributed by atoms with Crippen LogP contribution in [0.5, 0.6) is 0 Å². The fourth-order valence-corrected chi connectivity index (χ4v) is 7.17. The highest BCUT2D eigenvalue weighted by molar-refractivity contribution is 6.25. The summed E-state index contributed by atoms with van der Waals surface area (Å²) in [5, 5.41) is 7.69. The second kappa shape index (κ2) is 11.8. The van der Waals surface area contributed by atoms with E-state index in [1.165, 1.54) is 54.6 Å². The topological polar surface area (TPSA) is 25.8 Å². The van der Waals surface area contributed by atoms with Crippen molar-refractivity contribution in [2.45, 2.75) is 0 Å². The van der Waals surface area contributed by atoms with Gasteiger partial charge in [0.1, 0.15) is 0 Å². The molecule has 8 aromatic carbocycles. The van der Waals surface area contributed by atoms with Crippen LogP contribution in [-0.2, 0) is 0 Å². The quantitative estimate of drug-likeness (QED) is 0.181. The molecule has 0 radical (unpaired) electrons. The summed E-state index contributed by atoms with van der Waals surface area (Å²) < 4.78 is 0. The van der Waals surface area contributed by atoms with Crippen molar-refractivity contribution in [2.75, 3.05) is 0 Å².